The fourth-order valence-corrected chi connectivity index (χ4v) is 3.48. The van der Waals surface area contributed by atoms with Gasteiger partial charge in [-0.1, -0.05) is 60.4 Å². The van der Waals surface area contributed by atoms with E-state index in [1.54, 1.807) is 0 Å². The molecular weight excluding hydrogens is 339 g/mol. The molecule has 0 saturated carbocycles. The van der Waals surface area contributed by atoms with Crippen molar-refractivity contribution >= 4 is 30.7 Å². The van der Waals surface area contributed by atoms with E-state index in [4.69, 9.17) is 4.74 Å². The lowest BCUT2D eigenvalue weighted by atomic mass is 10.2. The summed E-state index contributed by atoms with van der Waals surface area (Å²) < 4.78 is 6.93. The average Bonchev–Trinajstić information content (AvgIpc) is 2.26. The van der Waals surface area contributed by atoms with Crippen molar-refractivity contribution in [3.05, 3.63) is 29.8 Å². The van der Waals surface area contributed by atoms with Crippen molar-refractivity contribution in [3.8, 4) is 5.75 Å². The number of hydrogen-bond donors (Lipinski definition) is 0. The summed E-state index contributed by atoms with van der Waals surface area (Å²) in [6.07, 6.45) is 2.34. The first-order valence-corrected chi connectivity index (χ1v) is 11.5. The minimum atomic E-state index is -0.896. The summed E-state index contributed by atoms with van der Waals surface area (Å²) in [7, 11) is -0.896. The molecule has 0 aromatic heterocycles. The average molecular weight is 362 g/mol. The summed E-state index contributed by atoms with van der Waals surface area (Å²) >= 11 is 2.41. The second-order valence-electron chi connectivity index (χ2n) is 5.60. The summed E-state index contributed by atoms with van der Waals surface area (Å²) in [4.78, 5) is 0. The van der Waals surface area contributed by atoms with E-state index >= 15 is 0 Å². The molecule has 0 fully saturated rings. The Morgan fingerprint density at radius 3 is 2.29 bits per heavy atom. The summed E-state index contributed by atoms with van der Waals surface area (Å²) in [5, 5.41) is 0. The Kier molecular flexibility index (Phi) is 6.55. The second-order valence-corrected chi connectivity index (χ2v) is 12.3. The largest absolute Gasteiger partial charge is 0.494 e. The zero-order chi connectivity index (χ0) is 12.7. The molecule has 96 valence electrons. The van der Waals surface area contributed by atoms with Crippen molar-refractivity contribution < 1.29 is 4.74 Å². The van der Waals surface area contributed by atoms with Gasteiger partial charge in [-0.25, -0.2) is 0 Å². The molecule has 1 rings (SSSR count). The van der Waals surface area contributed by atoms with E-state index in [-0.39, 0.29) is 0 Å². The van der Waals surface area contributed by atoms with Crippen molar-refractivity contribution in [2.75, 3.05) is 11.0 Å². The van der Waals surface area contributed by atoms with Crippen LogP contribution < -0.4 is 4.74 Å². The Bertz CT molecular complexity index is 316. The zero-order valence-corrected chi connectivity index (χ0v) is 14.3. The van der Waals surface area contributed by atoms with E-state index in [9.17, 15) is 0 Å². The van der Waals surface area contributed by atoms with Crippen LogP contribution in [0.15, 0.2) is 24.3 Å². The molecule has 0 saturated heterocycles. The normalized spacial score (nSPS) is 11.5. The third-order valence-corrected chi connectivity index (χ3v) is 5.04. The lowest BCUT2D eigenvalue weighted by molar-refractivity contribution is 0.316. The maximum atomic E-state index is 5.75. The molecule has 0 atom stereocenters. The van der Waals surface area contributed by atoms with Crippen molar-refractivity contribution in [1.29, 1.82) is 0 Å². The quantitative estimate of drug-likeness (QED) is 0.294. The molecule has 0 unspecified atom stereocenters. The maximum Gasteiger partial charge on any atom is 0.119 e. The number of rotatable bonds is 7. The van der Waals surface area contributed by atoms with Crippen molar-refractivity contribution in [1.82, 2.24) is 0 Å². The van der Waals surface area contributed by atoms with Gasteiger partial charge in [-0.05, 0) is 30.5 Å². The van der Waals surface area contributed by atoms with Gasteiger partial charge < -0.3 is 4.74 Å². The van der Waals surface area contributed by atoms with E-state index < -0.39 is 8.07 Å². The van der Waals surface area contributed by atoms with Gasteiger partial charge in [0.25, 0.3) is 0 Å². The predicted molar refractivity (Wildman–Crippen MR) is 87.3 cm³/mol. The van der Waals surface area contributed by atoms with Gasteiger partial charge in [0, 0.05) is 12.5 Å². The van der Waals surface area contributed by atoms with Crippen LogP contribution >= 0.6 is 22.6 Å². The summed E-state index contributed by atoms with van der Waals surface area (Å²) in [5.41, 5.74) is 1.40. The fourth-order valence-electron chi connectivity index (χ4n) is 1.65. The Balaban J connectivity index is 2.27. The Hall–Kier alpha value is -0.0331. The van der Waals surface area contributed by atoms with Crippen LogP contribution in [0.25, 0.3) is 0 Å². The topological polar surface area (TPSA) is 9.23 Å². The SMILES string of the molecule is C[Si](C)(C)CCCOc1ccc(CCI)cc1. The van der Waals surface area contributed by atoms with Crippen LogP contribution in [-0.2, 0) is 6.42 Å². The lowest BCUT2D eigenvalue weighted by Gasteiger charge is -2.15. The second kappa shape index (κ2) is 7.41. The van der Waals surface area contributed by atoms with Crippen molar-refractivity contribution in [2.24, 2.45) is 0 Å². The summed E-state index contributed by atoms with van der Waals surface area (Å²) in [5.74, 6) is 1.01. The predicted octanol–water partition coefficient (Wildman–Crippen LogP) is 4.77. The van der Waals surface area contributed by atoms with Crippen molar-refractivity contribution in [2.45, 2.75) is 38.5 Å². The molecule has 1 aromatic carbocycles. The highest BCUT2D eigenvalue weighted by Gasteiger charge is 2.11. The molecular formula is C14H23IOSi. The van der Waals surface area contributed by atoms with Crippen LogP contribution in [0, 0.1) is 0 Å². The standard InChI is InChI=1S/C14H23IOSi/c1-17(2,3)12-4-11-16-14-7-5-13(6-8-14)9-10-15/h5-8H,4,9-12H2,1-3H3. The monoisotopic (exact) mass is 362 g/mol. The number of aryl methyl sites for hydroxylation is 1. The molecule has 0 aliphatic carbocycles. The van der Waals surface area contributed by atoms with E-state index in [2.05, 4.69) is 66.5 Å². The van der Waals surface area contributed by atoms with Gasteiger partial charge in [0.2, 0.25) is 0 Å². The number of halogens is 1. The smallest absolute Gasteiger partial charge is 0.119 e. The molecule has 17 heavy (non-hydrogen) atoms. The molecule has 0 spiro atoms. The summed E-state index contributed by atoms with van der Waals surface area (Å²) in [6.45, 7) is 8.08. The maximum absolute atomic E-state index is 5.75. The van der Waals surface area contributed by atoms with E-state index in [1.165, 1.54) is 22.5 Å². The number of alkyl halides is 1. The van der Waals surface area contributed by atoms with Crippen LogP contribution in [0.4, 0.5) is 0 Å². The highest BCUT2D eigenvalue weighted by Crippen LogP contribution is 2.15. The van der Waals surface area contributed by atoms with Crippen LogP contribution in [0.3, 0.4) is 0 Å². The molecule has 1 aromatic rings. The van der Waals surface area contributed by atoms with Crippen molar-refractivity contribution in [3.63, 3.8) is 0 Å². The highest BCUT2D eigenvalue weighted by atomic mass is 127. The van der Waals surface area contributed by atoms with Gasteiger partial charge in [0.1, 0.15) is 5.75 Å². The molecule has 0 amide bonds. The molecule has 0 aliphatic heterocycles. The lowest BCUT2D eigenvalue weighted by Crippen LogP contribution is -2.19. The first-order chi connectivity index (χ1) is 8.01. The van der Waals surface area contributed by atoms with Gasteiger partial charge in [-0.3, -0.25) is 0 Å². The van der Waals surface area contributed by atoms with Gasteiger partial charge in [0.15, 0.2) is 0 Å². The zero-order valence-electron chi connectivity index (χ0n) is 11.1. The first kappa shape index (κ1) is 15.0. The van der Waals surface area contributed by atoms with Crippen LogP contribution in [0.5, 0.6) is 5.75 Å². The minimum absolute atomic E-state index is 0.857. The van der Waals surface area contributed by atoms with Gasteiger partial charge in [-0.2, -0.15) is 0 Å². The van der Waals surface area contributed by atoms with E-state index in [0.29, 0.717) is 0 Å². The highest BCUT2D eigenvalue weighted by molar-refractivity contribution is 14.1. The van der Waals surface area contributed by atoms with E-state index in [1.807, 2.05) is 0 Å². The molecule has 0 radical (unpaired) electrons. The minimum Gasteiger partial charge on any atom is -0.494 e. The third-order valence-electron chi connectivity index (χ3n) is 2.65. The number of hydrogen-bond acceptors (Lipinski definition) is 1. The van der Waals surface area contributed by atoms with Crippen LogP contribution in [0.2, 0.25) is 25.7 Å². The molecule has 0 heterocycles. The Morgan fingerprint density at radius 1 is 1.12 bits per heavy atom. The third kappa shape index (κ3) is 7.09. The molecule has 0 aliphatic rings. The van der Waals surface area contributed by atoms with Gasteiger partial charge in [-0.15, -0.1) is 0 Å². The van der Waals surface area contributed by atoms with Crippen LogP contribution in [-0.4, -0.2) is 19.1 Å². The van der Waals surface area contributed by atoms with E-state index in [0.717, 1.165) is 18.8 Å². The molecule has 0 bridgehead atoms. The van der Waals surface area contributed by atoms with Crippen LogP contribution in [0.1, 0.15) is 12.0 Å². The molecule has 1 nitrogen and oxygen atoms in total. The number of benzene rings is 1. The Morgan fingerprint density at radius 2 is 1.76 bits per heavy atom. The van der Waals surface area contributed by atoms with Gasteiger partial charge in [0.05, 0.1) is 6.61 Å². The Labute approximate surface area is 120 Å². The molecule has 0 N–H and O–H groups in total. The molecule has 3 heteroatoms. The summed E-state index contributed by atoms with van der Waals surface area (Å²) in [6, 6.07) is 9.88. The fraction of sp³-hybridized carbons (Fsp3) is 0.571. The van der Waals surface area contributed by atoms with Gasteiger partial charge >= 0.3 is 0 Å². The number of ether oxygens (including phenoxy) is 1. The first-order valence-electron chi connectivity index (χ1n) is 6.29.